The third-order valence-corrected chi connectivity index (χ3v) is 4.80. The molecule has 2 rings (SSSR count). The number of nitrogens with one attached hydrogen (secondary N) is 2. The highest BCUT2D eigenvalue weighted by molar-refractivity contribution is 14.0. The summed E-state index contributed by atoms with van der Waals surface area (Å²) < 4.78 is 0. The minimum absolute atomic E-state index is 0. The van der Waals surface area contributed by atoms with Crippen molar-refractivity contribution >= 4 is 29.9 Å². The van der Waals surface area contributed by atoms with Crippen LogP contribution < -0.4 is 10.6 Å². The van der Waals surface area contributed by atoms with Crippen molar-refractivity contribution in [1.82, 2.24) is 20.5 Å². The summed E-state index contributed by atoms with van der Waals surface area (Å²) >= 11 is 0. The smallest absolute Gasteiger partial charge is 0.191 e. The number of piperidine rings is 1. The van der Waals surface area contributed by atoms with E-state index in [1.807, 2.05) is 13.1 Å². The number of rotatable bonds is 8. The molecule has 2 heterocycles. The topological polar surface area (TPSA) is 52.6 Å². The first-order valence-corrected chi connectivity index (χ1v) is 9.83. The maximum absolute atomic E-state index is 4.71. The molecule has 0 saturated carbocycles. The second kappa shape index (κ2) is 13.3. The highest BCUT2D eigenvalue weighted by Gasteiger charge is 2.14. The van der Waals surface area contributed by atoms with Crippen molar-refractivity contribution < 1.29 is 0 Å². The van der Waals surface area contributed by atoms with Gasteiger partial charge in [-0.15, -0.1) is 24.0 Å². The molecule has 1 aliphatic heterocycles. The van der Waals surface area contributed by atoms with Crippen molar-refractivity contribution in [3.8, 4) is 0 Å². The van der Waals surface area contributed by atoms with Gasteiger partial charge in [-0.3, -0.25) is 9.98 Å². The van der Waals surface area contributed by atoms with E-state index in [0.717, 1.165) is 50.0 Å². The molecule has 0 amide bonds. The molecular formula is C20H36IN5. The van der Waals surface area contributed by atoms with Crippen LogP contribution in [0.15, 0.2) is 23.3 Å². The first-order valence-electron chi connectivity index (χ1n) is 9.83. The average Bonchev–Trinajstić information content (AvgIpc) is 2.62. The molecule has 2 N–H and O–H groups in total. The Labute approximate surface area is 176 Å². The quantitative estimate of drug-likeness (QED) is 0.264. The standard InChI is InChI=1S/C20H35N5.HI/c1-4-21-20(23-12-8-19-7-6-18(3)24-16-19)22-11-5-13-25-14-9-17(2)10-15-25;/h6-7,16-17H,4-5,8-15H2,1-3H3,(H2,21,22,23);1H. The normalized spacial score (nSPS) is 16.2. The van der Waals surface area contributed by atoms with Crippen LogP contribution in [-0.2, 0) is 6.42 Å². The van der Waals surface area contributed by atoms with Crippen LogP contribution in [0.4, 0.5) is 0 Å². The summed E-state index contributed by atoms with van der Waals surface area (Å²) in [5.74, 6) is 1.83. The Balaban J connectivity index is 0.00000338. The van der Waals surface area contributed by atoms with Crippen molar-refractivity contribution in [3.05, 3.63) is 29.6 Å². The van der Waals surface area contributed by atoms with Crippen molar-refractivity contribution in [2.75, 3.05) is 39.3 Å². The molecule has 148 valence electrons. The lowest BCUT2D eigenvalue weighted by molar-refractivity contribution is 0.192. The van der Waals surface area contributed by atoms with Gasteiger partial charge in [0, 0.05) is 31.5 Å². The van der Waals surface area contributed by atoms with Crippen molar-refractivity contribution in [3.63, 3.8) is 0 Å². The second-order valence-corrected chi connectivity index (χ2v) is 7.12. The van der Waals surface area contributed by atoms with E-state index in [4.69, 9.17) is 4.99 Å². The van der Waals surface area contributed by atoms with E-state index >= 15 is 0 Å². The maximum Gasteiger partial charge on any atom is 0.191 e. The molecule has 6 heteroatoms. The number of aryl methyl sites for hydroxylation is 1. The lowest BCUT2D eigenvalue weighted by Gasteiger charge is -2.29. The Morgan fingerprint density at radius 3 is 2.69 bits per heavy atom. The van der Waals surface area contributed by atoms with E-state index < -0.39 is 0 Å². The summed E-state index contributed by atoms with van der Waals surface area (Å²) in [4.78, 5) is 11.6. The molecule has 0 unspecified atom stereocenters. The molecular weight excluding hydrogens is 437 g/mol. The predicted molar refractivity (Wildman–Crippen MR) is 122 cm³/mol. The summed E-state index contributed by atoms with van der Waals surface area (Å²) in [6.07, 6.45) is 6.75. The Bertz CT molecular complexity index is 509. The summed E-state index contributed by atoms with van der Waals surface area (Å²) in [6, 6.07) is 4.21. The van der Waals surface area contributed by atoms with Crippen LogP contribution in [-0.4, -0.2) is 55.1 Å². The maximum atomic E-state index is 4.71. The molecule has 26 heavy (non-hydrogen) atoms. The molecule has 0 spiro atoms. The highest BCUT2D eigenvalue weighted by atomic mass is 127. The van der Waals surface area contributed by atoms with Crippen LogP contribution in [0.25, 0.3) is 0 Å². The van der Waals surface area contributed by atoms with Gasteiger partial charge in [-0.2, -0.15) is 0 Å². The molecule has 0 bridgehead atoms. The van der Waals surface area contributed by atoms with Gasteiger partial charge >= 0.3 is 0 Å². The van der Waals surface area contributed by atoms with Crippen LogP contribution in [0.3, 0.4) is 0 Å². The molecule has 0 aromatic carbocycles. The van der Waals surface area contributed by atoms with Gasteiger partial charge in [-0.05, 0) is 76.7 Å². The van der Waals surface area contributed by atoms with E-state index in [9.17, 15) is 0 Å². The van der Waals surface area contributed by atoms with Gasteiger partial charge in [0.25, 0.3) is 0 Å². The first kappa shape index (κ1) is 23.1. The third kappa shape index (κ3) is 9.16. The second-order valence-electron chi connectivity index (χ2n) is 7.12. The Kier molecular flexibility index (Phi) is 11.8. The largest absolute Gasteiger partial charge is 0.357 e. The number of aliphatic imine (C=N–C) groups is 1. The van der Waals surface area contributed by atoms with Gasteiger partial charge in [0.1, 0.15) is 0 Å². The van der Waals surface area contributed by atoms with Crippen molar-refractivity contribution in [2.24, 2.45) is 10.9 Å². The fourth-order valence-corrected chi connectivity index (χ4v) is 3.08. The third-order valence-electron chi connectivity index (χ3n) is 4.80. The number of hydrogen-bond acceptors (Lipinski definition) is 3. The molecule has 0 radical (unpaired) electrons. The summed E-state index contributed by atoms with van der Waals surface area (Å²) in [7, 11) is 0. The average molecular weight is 473 g/mol. The molecule has 1 aliphatic rings. The minimum Gasteiger partial charge on any atom is -0.357 e. The number of guanidine groups is 1. The molecule has 0 atom stereocenters. The Morgan fingerprint density at radius 1 is 1.27 bits per heavy atom. The van der Waals surface area contributed by atoms with E-state index in [1.165, 1.54) is 38.0 Å². The number of hydrogen-bond donors (Lipinski definition) is 2. The van der Waals surface area contributed by atoms with E-state index in [1.54, 1.807) is 0 Å². The van der Waals surface area contributed by atoms with E-state index in [2.05, 4.69) is 46.5 Å². The monoisotopic (exact) mass is 473 g/mol. The van der Waals surface area contributed by atoms with Crippen LogP contribution >= 0.6 is 24.0 Å². The zero-order chi connectivity index (χ0) is 17.9. The molecule has 1 fully saturated rings. The summed E-state index contributed by atoms with van der Waals surface area (Å²) in [5.41, 5.74) is 2.32. The Morgan fingerprint density at radius 2 is 2.04 bits per heavy atom. The van der Waals surface area contributed by atoms with Gasteiger partial charge in [0.05, 0.1) is 0 Å². The number of aromatic nitrogens is 1. The molecule has 5 nitrogen and oxygen atoms in total. The Hall–Kier alpha value is -0.890. The fourth-order valence-electron chi connectivity index (χ4n) is 3.08. The van der Waals surface area contributed by atoms with Crippen LogP contribution in [0.2, 0.25) is 0 Å². The van der Waals surface area contributed by atoms with E-state index in [-0.39, 0.29) is 24.0 Å². The number of halogens is 1. The van der Waals surface area contributed by atoms with Crippen molar-refractivity contribution in [1.29, 1.82) is 0 Å². The first-order chi connectivity index (χ1) is 12.2. The lowest BCUT2D eigenvalue weighted by atomic mass is 9.99. The molecule has 0 aliphatic carbocycles. The van der Waals surface area contributed by atoms with Crippen molar-refractivity contribution in [2.45, 2.75) is 46.5 Å². The summed E-state index contributed by atoms with van der Waals surface area (Å²) in [5, 5.41) is 6.76. The van der Waals surface area contributed by atoms with Crippen LogP contribution in [0.1, 0.15) is 44.4 Å². The number of likely N-dealkylation sites (tertiary alicyclic amines) is 1. The fraction of sp³-hybridized carbons (Fsp3) is 0.700. The molecule has 1 saturated heterocycles. The zero-order valence-electron chi connectivity index (χ0n) is 16.6. The predicted octanol–water partition coefficient (Wildman–Crippen LogP) is 3.23. The lowest BCUT2D eigenvalue weighted by Crippen LogP contribution is -2.38. The van der Waals surface area contributed by atoms with E-state index in [0.29, 0.717) is 0 Å². The van der Waals surface area contributed by atoms with Gasteiger partial charge in [-0.1, -0.05) is 13.0 Å². The zero-order valence-corrected chi connectivity index (χ0v) is 19.0. The van der Waals surface area contributed by atoms with Gasteiger partial charge in [0.2, 0.25) is 0 Å². The van der Waals surface area contributed by atoms with Gasteiger partial charge < -0.3 is 15.5 Å². The van der Waals surface area contributed by atoms with Gasteiger partial charge in [-0.25, -0.2) is 0 Å². The number of pyridine rings is 1. The minimum atomic E-state index is 0. The van der Waals surface area contributed by atoms with Gasteiger partial charge in [0.15, 0.2) is 5.96 Å². The SMILES string of the molecule is CCNC(=NCCCN1CCC(C)CC1)NCCc1ccc(C)nc1.I. The van der Waals surface area contributed by atoms with Crippen LogP contribution in [0, 0.1) is 12.8 Å². The molecule has 1 aromatic heterocycles. The highest BCUT2D eigenvalue weighted by Crippen LogP contribution is 2.15. The molecule has 1 aromatic rings. The summed E-state index contributed by atoms with van der Waals surface area (Å²) in [6.45, 7) is 12.8. The van der Waals surface area contributed by atoms with Crippen LogP contribution in [0.5, 0.6) is 0 Å². The number of nitrogens with zero attached hydrogens (tertiary/aromatic N) is 3.